The fourth-order valence-corrected chi connectivity index (χ4v) is 2.71. The molecule has 3 rings (SSSR count). The number of hydrogen-bond donors (Lipinski definition) is 0. The van der Waals surface area contributed by atoms with Crippen molar-refractivity contribution in [1.82, 2.24) is 9.97 Å². The lowest BCUT2D eigenvalue weighted by atomic mass is 10.1. The first kappa shape index (κ1) is 15.9. The summed E-state index contributed by atoms with van der Waals surface area (Å²) in [6.07, 6.45) is 6.78. The highest BCUT2D eigenvalue weighted by molar-refractivity contribution is 6.05. The first-order chi connectivity index (χ1) is 11.6. The predicted octanol–water partition coefficient (Wildman–Crippen LogP) is 3.94. The Labute approximate surface area is 141 Å². The van der Waals surface area contributed by atoms with Crippen molar-refractivity contribution in [2.45, 2.75) is 20.4 Å². The highest BCUT2D eigenvalue weighted by Gasteiger charge is 2.19. The lowest BCUT2D eigenvalue weighted by Gasteiger charge is -2.24. The molecule has 2 aromatic heterocycles. The Morgan fingerprint density at radius 1 is 0.958 bits per heavy atom. The van der Waals surface area contributed by atoms with Crippen molar-refractivity contribution in [1.29, 1.82) is 0 Å². The van der Waals surface area contributed by atoms with E-state index in [1.54, 1.807) is 41.8 Å². The molecule has 4 nitrogen and oxygen atoms in total. The molecule has 0 spiro atoms. The standard InChI is InChI=1S/C20H19N3O/c1-15-9-16(2)11-19(10-15)23(14-17-5-3-7-21-12-17)20(24)18-6-4-8-22-13-18/h3-13H,14H2,1-2H3. The minimum atomic E-state index is -0.0723. The highest BCUT2D eigenvalue weighted by atomic mass is 16.2. The summed E-state index contributed by atoms with van der Waals surface area (Å²) in [4.78, 5) is 23.0. The second kappa shape index (κ2) is 7.04. The van der Waals surface area contributed by atoms with Gasteiger partial charge in [-0.3, -0.25) is 14.8 Å². The smallest absolute Gasteiger partial charge is 0.260 e. The van der Waals surface area contributed by atoms with Crippen LogP contribution in [0.15, 0.2) is 67.3 Å². The number of carbonyl (C=O) groups is 1. The van der Waals surface area contributed by atoms with Crippen LogP contribution in [-0.2, 0) is 6.54 Å². The van der Waals surface area contributed by atoms with Crippen LogP contribution in [0.25, 0.3) is 0 Å². The Hall–Kier alpha value is -3.01. The molecule has 3 aromatic rings. The number of amides is 1. The molecular formula is C20H19N3O. The molecule has 0 fully saturated rings. The van der Waals surface area contributed by atoms with Gasteiger partial charge >= 0.3 is 0 Å². The number of nitrogens with zero attached hydrogens (tertiary/aromatic N) is 3. The summed E-state index contributed by atoms with van der Waals surface area (Å²) < 4.78 is 0. The highest BCUT2D eigenvalue weighted by Crippen LogP contribution is 2.23. The van der Waals surface area contributed by atoms with E-state index in [-0.39, 0.29) is 5.91 Å². The number of rotatable bonds is 4. The van der Waals surface area contributed by atoms with Crippen LogP contribution in [0.3, 0.4) is 0 Å². The average molecular weight is 317 g/mol. The van der Waals surface area contributed by atoms with Crippen LogP contribution in [0.5, 0.6) is 0 Å². The monoisotopic (exact) mass is 317 g/mol. The Balaban J connectivity index is 2.01. The summed E-state index contributed by atoms with van der Waals surface area (Å²) in [5.41, 5.74) is 4.68. The van der Waals surface area contributed by atoms with Crippen molar-refractivity contribution < 1.29 is 4.79 Å². The molecule has 0 aliphatic heterocycles. The van der Waals surface area contributed by atoms with Crippen molar-refractivity contribution in [3.8, 4) is 0 Å². The summed E-state index contributed by atoms with van der Waals surface area (Å²) in [6.45, 7) is 4.53. The normalized spacial score (nSPS) is 10.4. The zero-order valence-electron chi connectivity index (χ0n) is 13.8. The van der Waals surface area contributed by atoms with E-state index >= 15 is 0 Å². The van der Waals surface area contributed by atoms with E-state index in [0.717, 1.165) is 22.4 Å². The zero-order valence-corrected chi connectivity index (χ0v) is 13.8. The molecule has 0 radical (unpaired) electrons. The van der Waals surface area contributed by atoms with Gasteiger partial charge in [-0.15, -0.1) is 0 Å². The largest absolute Gasteiger partial charge is 0.304 e. The summed E-state index contributed by atoms with van der Waals surface area (Å²) in [7, 11) is 0. The van der Waals surface area contributed by atoms with E-state index in [2.05, 4.69) is 16.0 Å². The van der Waals surface area contributed by atoms with Crippen LogP contribution in [0.1, 0.15) is 27.0 Å². The fourth-order valence-electron chi connectivity index (χ4n) is 2.71. The van der Waals surface area contributed by atoms with Crippen molar-refractivity contribution in [2.75, 3.05) is 4.90 Å². The molecule has 0 saturated heterocycles. The second-order valence-electron chi connectivity index (χ2n) is 5.84. The van der Waals surface area contributed by atoms with Gasteiger partial charge in [-0.05, 0) is 60.9 Å². The summed E-state index contributed by atoms with van der Waals surface area (Å²) >= 11 is 0. The van der Waals surface area contributed by atoms with E-state index in [1.807, 2.05) is 38.1 Å². The molecule has 0 N–H and O–H groups in total. The van der Waals surface area contributed by atoms with Crippen LogP contribution in [0.4, 0.5) is 5.69 Å². The van der Waals surface area contributed by atoms with Gasteiger partial charge in [-0.1, -0.05) is 12.1 Å². The average Bonchev–Trinajstić information content (AvgIpc) is 2.60. The SMILES string of the molecule is Cc1cc(C)cc(N(Cc2cccnc2)C(=O)c2cccnc2)c1. The maximum atomic E-state index is 13.0. The fraction of sp³-hybridized carbons (Fsp3) is 0.150. The van der Waals surface area contributed by atoms with Crippen molar-refractivity contribution in [2.24, 2.45) is 0 Å². The van der Waals surface area contributed by atoms with Gasteiger partial charge in [-0.25, -0.2) is 0 Å². The zero-order chi connectivity index (χ0) is 16.9. The van der Waals surface area contributed by atoms with Gasteiger partial charge in [0.1, 0.15) is 0 Å². The van der Waals surface area contributed by atoms with Gasteiger partial charge < -0.3 is 4.90 Å². The first-order valence-corrected chi connectivity index (χ1v) is 7.82. The molecule has 1 amide bonds. The van der Waals surface area contributed by atoms with Crippen LogP contribution in [-0.4, -0.2) is 15.9 Å². The molecule has 0 unspecified atom stereocenters. The summed E-state index contributed by atoms with van der Waals surface area (Å²) in [5, 5.41) is 0. The minimum absolute atomic E-state index is 0.0723. The van der Waals surface area contributed by atoms with E-state index < -0.39 is 0 Å². The van der Waals surface area contributed by atoms with Crippen LogP contribution in [0.2, 0.25) is 0 Å². The van der Waals surface area contributed by atoms with E-state index in [4.69, 9.17) is 0 Å². The Bertz CT molecular complexity index is 812. The van der Waals surface area contributed by atoms with Crippen molar-refractivity contribution >= 4 is 11.6 Å². The van der Waals surface area contributed by atoms with E-state index in [0.29, 0.717) is 12.1 Å². The Morgan fingerprint density at radius 2 is 1.62 bits per heavy atom. The van der Waals surface area contributed by atoms with Crippen LogP contribution >= 0.6 is 0 Å². The Morgan fingerprint density at radius 3 is 2.21 bits per heavy atom. The van der Waals surface area contributed by atoms with Gasteiger partial charge in [0.15, 0.2) is 0 Å². The van der Waals surface area contributed by atoms with Gasteiger partial charge in [0, 0.05) is 30.5 Å². The number of aromatic nitrogens is 2. The molecule has 0 aliphatic rings. The summed E-state index contributed by atoms with van der Waals surface area (Å²) in [6, 6.07) is 13.6. The topological polar surface area (TPSA) is 46.1 Å². The molecule has 4 heteroatoms. The molecule has 0 bridgehead atoms. The number of anilines is 1. The molecule has 120 valence electrons. The number of aryl methyl sites for hydroxylation is 2. The molecular weight excluding hydrogens is 298 g/mol. The molecule has 0 aliphatic carbocycles. The molecule has 0 atom stereocenters. The predicted molar refractivity (Wildman–Crippen MR) is 94.9 cm³/mol. The lowest BCUT2D eigenvalue weighted by molar-refractivity contribution is 0.0985. The maximum Gasteiger partial charge on any atom is 0.260 e. The van der Waals surface area contributed by atoms with Crippen molar-refractivity contribution in [3.05, 3.63) is 89.5 Å². The van der Waals surface area contributed by atoms with E-state index in [9.17, 15) is 4.79 Å². The number of hydrogen-bond acceptors (Lipinski definition) is 3. The quantitative estimate of drug-likeness (QED) is 0.732. The third-order valence-electron chi connectivity index (χ3n) is 3.74. The van der Waals surface area contributed by atoms with Crippen LogP contribution in [0, 0.1) is 13.8 Å². The van der Waals surface area contributed by atoms with Crippen molar-refractivity contribution in [3.63, 3.8) is 0 Å². The number of carbonyl (C=O) groups excluding carboxylic acids is 1. The van der Waals surface area contributed by atoms with Gasteiger partial charge in [-0.2, -0.15) is 0 Å². The number of pyridine rings is 2. The molecule has 2 heterocycles. The van der Waals surface area contributed by atoms with Gasteiger partial charge in [0.05, 0.1) is 12.1 Å². The maximum absolute atomic E-state index is 13.0. The number of benzene rings is 1. The Kier molecular flexibility index (Phi) is 4.66. The molecule has 1 aromatic carbocycles. The first-order valence-electron chi connectivity index (χ1n) is 7.82. The third-order valence-corrected chi connectivity index (χ3v) is 3.74. The third kappa shape index (κ3) is 3.66. The molecule has 24 heavy (non-hydrogen) atoms. The lowest BCUT2D eigenvalue weighted by Crippen LogP contribution is -2.30. The van der Waals surface area contributed by atoms with Gasteiger partial charge in [0.2, 0.25) is 0 Å². The van der Waals surface area contributed by atoms with Gasteiger partial charge in [0.25, 0.3) is 5.91 Å². The molecule has 0 saturated carbocycles. The minimum Gasteiger partial charge on any atom is -0.304 e. The second-order valence-corrected chi connectivity index (χ2v) is 5.84. The summed E-state index contributed by atoms with van der Waals surface area (Å²) in [5.74, 6) is -0.0723. The van der Waals surface area contributed by atoms with Crippen LogP contribution < -0.4 is 4.90 Å². The van der Waals surface area contributed by atoms with E-state index in [1.165, 1.54) is 0 Å².